The molecule has 3 rings (SSSR count). The summed E-state index contributed by atoms with van der Waals surface area (Å²) in [6.45, 7) is 5.30. The maximum atomic E-state index is 12.9. The van der Waals surface area contributed by atoms with Crippen LogP contribution in [0, 0.1) is 6.92 Å². The fourth-order valence-corrected chi connectivity index (χ4v) is 2.91. The number of aryl methyl sites for hydroxylation is 1. The van der Waals surface area contributed by atoms with Crippen molar-refractivity contribution in [1.29, 1.82) is 0 Å². The second-order valence-electron chi connectivity index (χ2n) is 7.12. The van der Waals surface area contributed by atoms with Gasteiger partial charge in [0.25, 0.3) is 5.91 Å². The molecular formula is C23H25N3O4. The van der Waals surface area contributed by atoms with E-state index in [1.807, 2.05) is 55.5 Å². The van der Waals surface area contributed by atoms with Gasteiger partial charge < -0.3 is 14.8 Å². The minimum absolute atomic E-state index is 0.218. The Morgan fingerprint density at radius 2 is 1.87 bits per heavy atom. The Morgan fingerprint density at radius 3 is 2.53 bits per heavy atom. The van der Waals surface area contributed by atoms with E-state index in [1.165, 1.54) is 0 Å². The lowest BCUT2D eigenvalue weighted by molar-refractivity contribution is -0.146. The average Bonchev–Trinajstić information content (AvgIpc) is 3.17. The minimum Gasteiger partial charge on any atom is -0.497 e. The Hall–Kier alpha value is -3.61. The highest BCUT2D eigenvalue weighted by molar-refractivity contribution is 6.01. The van der Waals surface area contributed by atoms with Gasteiger partial charge in [-0.1, -0.05) is 29.8 Å². The molecule has 0 bridgehead atoms. The first-order chi connectivity index (χ1) is 14.4. The summed E-state index contributed by atoms with van der Waals surface area (Å²) in [5.41, 5.74) is 3.52. The Bertz CT molecular complexity index is 1040. The van der Waals surface area contributed by atoms with Crippen molar-refractivity contribution in [1.82, 2.24) is 15.1 Å². The monoisotopic (exact) mass is 407 g/mol. The summed E-state index contributed by atoms with van der Waals surface area (Å²) in [4.78, 5) is 24.7. The molecule has 0 aliphatic carbocycles. The molecular weight excluding hydrogens is 382 g/mol. The third-order valence-corrected chi connectivity index (χ3v) is 4.36. The number of nitrogens with one attached hydrogen (secondary N) is 1. The summed E-state index contributed by atoms with van der Waals surface area (Å²) in [5, 5.41) is 7.26. The van der Waals surface area contributed by atoms with Gasteiger partial charge in [0.05, 0.1) is 24.5 Å². The quantitative estimate of drug-likeness (QED) is 0.606. The maximum absolute atomic E-state index is 12.9. The summed E-state index contributed by atoms with van der Waals surface area (Å²) in [6.07, 6.45) is 1.41. The molecule has 1 aromatic heterocycles. The summed E-state index contributed by atoms with van der Waals surface area (Å²) in [6, 6.07) is 15.1. The highest BCUT2D eigenvalue weighted by atomic mass is 16.5. The van der Waals surface area contributed by atoms with Crippen molar-refractivity contribution in [3.63, 3.8) is 0 Å². The van der Waals surface area contributed by atoms with Crippen LogP contribution in [0.4, 0.5) is 0 Å². The van der Waals surface area contributed by atoms with Gasteiger partial charge in [-0.2, -0.15) is 5.10 Å². The number of methoxy groups -OCH3 is 1. The summed E-state index contributed by atoms with van der Waals surface area (Å²) >= 11 is 0. The molecule has 0 aliphatic heterocycles. The van der Waals surface area contributed by atoms with E-state index < -0.39 is 11.9 Å². The predicted molar refractivity (Wildman–Crippen MR) is 114 cm³/mol. The molecule has 1 heterocycles. The largest absolute Gasteiger partial charge is 0.497 e. The van der Waals surface area contributed by atoms with Crippen LogP contribution in [0.1, 0.15) is 29.8 Å². The van der Waals surface area contributed by atoms with Crippen LogP contribution in [-0.4, -0.2) is 41.4 Å². The van der Waals surface area contributed by atoms with E-state index in [0.717, 1.165) is 16.8 Å². The van der Waals surface area contributed by atoms with Gasteiger partial charge in [0.1, 0.15) is 18.0 Å². The van der Waals surface area contributed by atoms with Crippen LogP contribution >= 0.6 is 0 Å². The second-order valence-corrected chi connectivity index (χ2v) is 7.12. The molecule has 0 saturated heterocycles. The molecule has 0 spiro atoms. The molecule has 0 atom stereocenters. The van der Waals surface area contributed by atoms with Crippen LogP contribution in [0.3, 0.4) is 0 Å². The zero-order chi connectivity index (χ0) is 21.7. The van der Waals surface area contributed by atoms with E-state index in [9.17, 15) is 9.59 Å². The molecule has 0 unspecified atom stereocenters. The van der Waals surface area contributed by atoms with Crippen LogP contribution < -0.4 is 10.1 Å². The predicted octanol–water partition coefficient (Wildman–Crippen LogP) is 3.54. The molecule has 156 valence electrons. The van der Waals surface area contributed by atoms with E-state index in [-0.39, 0.29) is 12.6 Å². The van der Waals surface area contributed by atoms with Crippen LogP contribution in [0.5, 0.6) is 5.75 Å². The third kappa shape index (κ3) is 5.05. The standard InChI is InChI=1S/C23H25N3O4/c1-15(2)30-21(27)13-24-23(28)20-14-26(18-10-8-16(3)9-11-18)25-22(20)17-6-5-7-19(12-17)29-4/h5-12,14-15H,13H2,1-4H3,(H,24,28). The lowest BCUT2D eigenvalue weighted by Crippen LogP contribution is -2.31. The number of esters is 1. The number of benzene rings is 2. The molecule has 1 amide bonds. The van der Waals surface area contributed by atoms with Crippen LogP contribution in [0.25, 0.3) is 16.9 Å². The number of hydrogen-bond donors (Lipinski definition) is 1. The number of hydrogen-bond acceptors (Lipinski definition) is 5. The lowest BCUT2D eigenvalue weighted by Gasteiger charge is -2.09. The molecule has 30 heavy (non-hydrogen) atoms. The molecule has 0 saturated carbocycles. The fraction of sp³-hybridized carbons (Fsp3) is 0.261. The van der Waals surface area contributed by atoms with Crippen LogP contribution in [-0.2, 0) is 9.53 Å². The highest BCUT2D eigenvalue weighted by Crippen LogP contribution is 2.27. The molecule has 0 aliphatic rings. The van der Waals surface area contributed by atoms with Crippen molar-refractivity contribution in [2.75, 3.05) is 13.7 Å². The molecule has 2 aromatic carbocycles. The number of carbonyl (C=O) groups excluding carboxylic acids is 2. The van der Waals surface area contributed by atoms with E-state index in [0.29, 0.717) is 17.0 Å². The highest BCUT2D eigenvalue weighted by Gasteiger charge is 2.20. The molecule has 3 aromatic rings. The second kappa shape index (κ2) is 9.26. The average molecular weight is 407 g/mol. The summed E-state index contributed by atoms with van der Waals surface area (Å²) < 4.78 is 12.0. The van der Waals surface area contributed by atoms with E-state index in [1.54, 1.807) is 31.8 Å². The number of aromatic nitrogens is 2. The van der Waals surface area contributed by atoms with Crippen LogP contribution in [0.2, 0.25) is 0 Å². The Kier molecular flexibility index (Phi) is 6.51. The normalized spacial score (nSPS) is 10.7. The first kappa shape index (κ1) is 21.1. The van der Waals surface area contributed by atoms with Crippen molar-refractivity contribution in [2.24, 2.45) is 0 Å². The van der Waals surface area contributed by atoms with Crippen LogP contribution in [0.15, 0.2) is 54.7 Å². The number of amides is 1. The maximum Gasteiger partial charge on any atom is 0.325 e. The topological polar surface area (TPSA) is 82.5 Å². The van der Waals surface area contributed by atoms with Gasteiger partial charge in [-0.15, -0.1) is 0 Å². The zero-order valence-electron chi connectivity index (χ0n) is 17.5. The van der Waals surface area contributed by atoms with Crippen molar-refractivity contribution >= 4 is 11.9 Å². The van der Waals surface area contributed by atoms with Gasteiger partial charge in [-0.25, -0.2) is 4.68 Å². The molecule has 1 N–H and O–H groups in total. The van der Waals surface area contributed by atoms with Gasteiger partial charge >= 0.3 is 5.97 Å². The molecule has 0 fully saturated rings. The van der Waals surface area contributed by atoms with Crippen molar-refractivity contribution in [2.45, 2.75) is 26.9 Å². The van der Waals surface area contributed by atoms with E-state index in [4.69, 9.17) is 9.47 Å². The van der Waals surface area contributed by atoms with Gasteiger partial charge in [0.2, 0.25) is 0 Å². The summed E-state index contributed by atoms with van der Waals surface area (Å²) in [7, 11) is 1.58. The van der Waals surface area contributed by atoms with Gasteiger partial charge in [0.15, 0.2) is 0 Å². The first-order valence-electron chi connectivity index (χ1n) is 9.66. The van der Waals surface area contributed by atoms with Gasteiger partial charge in [-0.3, -0.25) is 9.59 Å². The molecule has 7 heteroatoms. The number of rotatable bonds is 7. The molecule has 7 nitrogen and oxygen atoms in total. The zero-order valence-corrected chi connectivity index (χ0v) is 17.5. The number of nitrogens with zero attached hydrogens (tertiary/aromatic N) is 2. The fourth-order valence-electron chi connectivity index (χ4n) is 2.91. The van der Waals surface area contributed by atoms with E-state index in [2.05, 4.69) is 10.4 Å². The van der Waals surface area contributed by atoms with Crippen molar-refractivity contribution < 1.29 is 19.1 Å². The molecule has 0 radical (unpaired) electrons. The smallest absolute Gasteiger partial charge is 0.325 e. The number of carbonyl (C=O) groups is 2. The number of ether oxygens (including phenoxy) is 2. The van der Waals surface area contributed by atoms with Crippen molar-refractivity contribution in [3.05, 3.63) is 65.9 Å². The summed E-state index contributed by atoms with van der Waals surface area (Å²) in [5.74, 6) is -0.247. The third-order valence-electron chi connectivity index (χ3n) is 4.36. The van der Waals surface area contributed by atoms with Gasteiger partial charge in [-0.05, 0) is 45.0 Å². The lowest BCUT2D eigenvalue weighted by atomic mass is 10.1. The first-order valence-corrected chi connectivity index (χ1v) is 9.66. The Labute approximate surface area is 175 Å². The SMILES string of the molecule is COc1cccc(-c2nn(-c3ccc(C)cc3)cc2C(=O)NCC(=O)OC(C)C)c1. The Morgan fingerprint density at radius 1 is 1.13 bits per heavy atom. The minimum atomic E-state index is -0.493. The van der Waals surface area contributed by atoms with Gasteiger partial charge in [0, 0.05) is 11.8 Å². The van der Waals surface area contributed by atoms with E-state index >= 15 is 0 Å². The Balaban J connectivity index is 1.95. The van der Waals surface area contributed by atoms with Crippen molar-refractivity contribution in [3.8, 4) is 22.7 Å².